The molecule has 100 valence electrons. The lowest BCUT2D eigenvalue weighted by Crippen LogP contribution is -2.12. The minimum Gasteiger partial charge on any atom is -0.508 e. The van der Waals surface area contributed by atoms with Gasteiger partial charge in [0.05, 0.1) is 0 Å². The number of carbonyl (C=O) groups excluding carboxylic acids is 1. The van der Waals surface area contributed by atoms with E-state index in [-0.39, 0.29) is 11.7 Å². The summed E-state index contributed by atoms with van der Waals surface area (Å²) < 4.78 is 4.86. The van der Waals surface area contributed by atoms with Gasteiger partial charge in [-0.25, -0.2) is 0 Å². The normalized spacial score (nSPS) is 10.4. The summed E-state index contributed by atoms with van der Waals surface area (Å²) in [5.74, 6) is 1.90. The number of aromatic nitrogens is 1. The molecule has 0 aliphatic heterocycles. The number of nitrogens with one attached hydrogen (secondary N) is 1. The van der Waals surface area contributed by atoms with Gasteiger partial charge in [-0.2, -0.15) is 0 Å². The monoisotopic (exact) mass is 278 g/mol. The van der Waals surface area contributed by atoms with Crippen LogP contribution < -0.4 is 5.32 Å². The van der Waals surface area contributed by atoms with Crippen LogP contribution in [0.4, 0.5) is 5.82 Å². The van der Waals surface area contributed by atoms with Gasteiger partial charge >= 0.3 is 0 Å². The Bertz CT molecular complexity index is 551. The highest BCUT2D eigenvalue weighted by atomic mass is 32.2. The third-order valence-electron chi connectivity index (χ3n) is 2.33. The van der Waals surface area contributed by atoms with Crippen molar-refractivity contribution in [3.05, 3.63) is 36.1 Å². The third-order valence-corrected chi connectivity index (χ3v) is 3.34. The molecule has 19 heavy (non-hydrogen) atoms. The zero-order valence-electron chi connectivity index (χ0n) is 10.4. The fraction of sp³-hybridized carbons (Fsp3) is 0.231. The van der Waals surface area contributed by atoms with E-state index >= 15 is 0 Å². The van der Waals surface area contributed by atoms with Crippen molar-refractivity contribution in [1.29, 1.82) is 0 Å². The van der Waals surface area contributed by atoms with E-state index in [4.69, 9.17) is 9.63 Å². The number of phenolic OH excluding ortho intramolecular Hbond substituents is 1. The van der Waals surface area contributed by atoms with Gasteiger partial charge < -0.3 is 14.9 Å². The molecule has 0 aliphatic carbocycles. The zero-order valence-corrected chi connectivity index (χ0v) is 11.2. The Labute approximate surface area is 115 Å². The summed E-state index contributed by atoms with van der Waals surface area (Å²) in [6.07, 6.45) is 0.386. The van der Waals surface area contributed by atoms with E-state index in [0.29, 0.717) is 23.8 Å². The van der Waals surface area contributed by atoms with Gasteiger partial charge in [-0.15, -0.1) is 11.8 Å². The Kier molecular flexibility index (Phi) is 4.46. The molecule has 0 fully saturated rings. The van der Waals surface area contributed by atoms with Crippen LogP contribution in [0.1, 0.15) is 12.2 Å². The summed E-state index contributed by atoms with van der Waals surface area (Å²) in [5, 5.41) is 15.5. The van der Waals surface area contributed by atoms with E-state index in [9.17, 15) is 4.79 Å². The quantitative estimate of drug-likeness (QED) is 0.822. The molecule has 2 aromatic rings. The van der Waals surface area contributed by atoms with Crippen molar-refractivity contribution in [3.8, 4) is 5.75 Å². The smallest absolute Gasteiger partial charge is 0.226 e. The molecule has 1 heterocycles. The van der Waals surface area contributed by atoms with E-state index in [1.807, 2.05) is 12.1 Å². The second-order valence-corrected chi connectivity index (χ2v) is 5.13. The second kappa shape index (κ2) is 6.29. The highest BCUT2D eigenvalue weighted by Crippen LogP contribution is 2.21. The average Bonchev–Trinajstić information content (AvgIpc) is 2.77. The topological polar surface area (TPSA) is 75.4 Å². The van der Waals surface area contributed by atoms with Crippen LogP contribution in [0.15, 0.2) is 39.8 Å². The maximum absolute atomic E-state index is 11.6. The van der Waals surface area contributed by atoms with Crippen LogP contribution in [0, 0.1) is 6.92 Å². The van der Waals surface area contributed by atoms with E-state index in [2.05, 4.69) is 10.5 Å². The van der Waals surface area contributed by atoms with Crippen LogP contribution in [0.2, 0.25) is 0 Å². The van der Waals surface area contributed by atoms with Crippen molar-refractivity contribution in [2.75, 3.05) is 11.1 Å². The van der Waals surface area contributed by atoms with Gasteiger partial charge in [0, 0.05) is 23.1 Å². The van der Waals surface area contributed by atoms with Crippen LogP contribution in [-0.4, -0.2) is 21.9 Å². The van der Waals surface area contributed by atoms with Crippen molar-refractivity contribution in [2.24, 2.45) is 0 Å². The Hall–Kier alpha value is -1.95. The van der Waals surface area contributed by atoms with Crippen LogP contribution in [0.3, 0.4) is 0 Å². The fourth-order valence-electron chi connectivity index (χ4n) is 1.43. The first-order valence-electron chi connectivity index (χ1n) is 5.78. The number of carbonyl (C=O) groups is 1. The maximum Gasteiger partial charge on any atom is 0.226 e. The standard InChI is InChI=1S/C13H14N2O3S/c1-9-8-12(15-18-9)14-13(17)6-7-19-11-4-2-10(16)3-5-11/h2-5,8,16H,6-7H2,1H3,(H,14,15,17). The SMILES string of the molecule is Cc1cc(NC(=O)CCSc2ccc(O)cc2)no1. The number of hydrogen-bond acceptors (Lipinski definition) is 5. The lowest BCUT2D eigenvalue weighted by atomic mass is 10.3. The number of phenols is 1. The molecule has 6 heteroatoms. The summed E-state index contributed by atoms with van der Waals surface area (Å²) in [7, 11) is 0. The lowest BCUT2D eigenvalue weighted by molar-refractivity contribution is -0.115. The third kappa shape index (κ3) is 4.33. The van der Waals surface area contributed by atoms with Crippen LogP contribution in [0.25, 0.3) is 0 Å². The predicted octanol–water partition coefficient (Wildman–Crippen LogP) is 2.81. The molecular formula is C13H14N2O3S. The Morgan fingerprint density at radius 2 is 2.16 bits per heavy atom. The molecule has 0 saturated heterocycles. The average molecular weight is 278 g/mol. The molecule has 2 rings (SSSR count). The van der Waals surface area contributed by atoms with Crippen molar-refractivity contribution in [3.63, 3.8) is 0 Å². The number of amides is 1. The van der Waals surface area contributed by atoms with E-state index in [0.717, 1.165) is 4.90 Å². The minimum atomic E-state index is -0.0976. The number of aromatic hydroxyl groups is 1. The van der Waals surface area contributed by atoms with Crippen molar-refractivity contribution < 1.29 is 14.4 Å². The van der Waals surface area contributed by atoms with Crippen molar-refractivity contribution >= 4 is 23.5 Å². The van der Waals surface area contributed by atoms with Gasteiger partial charge in [0.15, 0.2) is 5.82 Å². The summed E-state index contributed by atoms with van der Waals surface area (Å²) in [4.78, 5) is 12.6. The van der Waals surface area contributed by atoms with Gasteiger partial charge in [-0.1, -0.05) is 5.16 Å². The maximum atomic E-state index is 11.6. The van der Waals surface area contributed by atoms with Crippen molar-refractivity contribution in [2.45, 2.75) is 18.2 Å². The largest absolute Gasteiger partial charge is 0.508 e. The molecule has 0 spiro atoms. The first-order chi connectivity index (χ1) is 9.13. The molecule has 0 bridgehead atoms. The number of aryl methyl sites for hydroxylation is 1. The number of benzene rings is 1. The molecule has 1 aromatic carbocycles. The number of rotatable bonds is 5. The molecule has 1 amide bonds. The second-order valence-electron chi connectivity index (χ2n) is 3.96. The Morgan fingerprint density at radius 3 is 2.79 bits per heavy atom. The number of thioether (sulfide) groups is 1. The molecule has 0 radical (unpaired) electrons. The van der Waals surface area contributed by atoms with Gasteiger partial charge in [0.25, 0.3) is 0 Å². The molecule has 2 N–H and O–H groups in total. The van der Waals surface area contributed by atoms with E-state index in [1.165, 1.54) is 0 Å². The van der Waals surface area contributed by atoms with Gasteiger partial charge in [0.2, 0.25) is 5.91 Å². The molecule has 0 aliphatic rings. The first kappa shape index (κ1) is 13.5. The highest BCUT2D eigenvalue weighted by Gasteiger charge is 2.06. The summed E-state index contributed by atoms with van der Waals surface area (Å²) in [6.45, 7) is 1.77. The Balaban J connectivity index is 1.73. The van der Waals surface area contributed by atoms with Crippen molar-refractivity contribution in [1.82, 2.24) is 5.16 Å². The summed E-state index contributed by atoms with van der Waals surface area (Å²) in [5.41, 5.74) is 0. The van der Waals surface area contributed by atoms with E-state index < -0.39 is 0 Å². The molecule has 0 atom stereocenters. The predicted molar refractivity (Wildman–Crippen MR) is 73.3 cm³/mol. The van der Waals surface area contributed by atoms with Gasteiger partial charge in [-0.05, 0) is 31.2 Å². The van der Waals surface area contributed by atoms with Gasteiger partial charge in [0.1, 0.15) is 11.5 Å². The Morgan fingerprint density at radius 1 is 1.42 bits per heavy atom. The molecule has 0 unspecified atom stereocenters. The van der Waals surface area contributed by atoms with Gasteiger partial charge in [-0.3, -0.25) is 4.79 Å². The highest BCUT2D eigenvalue weighted by molar-refractivity contribution is 7.99. The summed E-state index contributed by atoms with van der Waals surface area (Å²) >= 11 is 1.56. The first-order valence-corrected chi connectivity index (χ1v) is 6.77. The minimum absolute atomic E-state index is 0.0976. The van der Waals surface area contributed by atoms with Crippen LogP contribution >= 0.6 is 11.8 Å². The zero-order chi connectivity index (χ0) is 13.7. The molecule has 1 aromatic heterocycles. The molecule has 0 saturated carbocycles. The number of anilines is 1. The fourth-order valence-corrected chi connectivity index (χ4v) is 2.29. The number of nitrogens with zero attached hydrogens (tertiary/aromatic N) is 1. The number of hydrogen-bond donors (Lipinski definition) is 2. The molecular weight excluding hydrogens is 264 g/mol. The summed E-state index contributed by atoms with van der Waals surface area (Å²) in [6, 6.07) is 8.56. The molecule has 5 nitrogen and oxygen atoms in total. The lowest BCUT2D eigenvalue weighted by Gasteiger charge is -2.02. The van der Waals surface area contributed by atoms with E-state index in [1.54, 1.807) is 36.9 Å². The van der Waals surface area contributed by atoms with Crippen LogP contribution in [0.5, 0.6) is 5.75 Å². The van der Waals surface area contributed by atoms with Crippen LogP contribution in [-0.2, 0) is 4.79 Å².